The van der Waals surface area contributed by atoms with Crippen molar-refractivity contribution >= 4 is 42.3 Å². The van der Waals surface area contributed by atoms with Crippen LogP contribution in [0.4, 0.5) is 0 Å². The van der Waals surface area contributed by atoms with Crippen LogP contribution in [0.15, 0.2) is 194 Å². The van der Waals surface area contributed by atoms with E-state index in [0.29, 0.717) is 5.82 Å². The number of fused-ring (bicyclic) bond motifs is 4. The summed E-state index contributed by atoms with van der Waals surface area (Å²) in [6.45, 7) is 0. The highest BCUT2D eigenvalue weighted by molar-refractivity contribution is 7.26. The average molecular weight is 693 g/mol. The van der Waals surface area contributed by atoms with Crippen molar-refractivity contribution in [1.29, 1.82) is 0 Å². The predicted molar refractivity (Wildman–Crippen MR) is 225 cm³/mol. The zero-order chi connectivity index (χ0) is 35.1. The van der Waals surface area contributed by atoms with E-state index in [-0.39, 0.29) is 0 Å². The maximum absolute atomic E-state index is 5.24. The molecule has 10 rings (SSSR count). The van der Waals surface area contributed by atoms with E-state index in [2.05, 4.69) is 170 Å². The summed E-state index contributed by atoms with van der Waals surface area (Å²) in [4.78, 5) is 10.3. The lowest BCUT2D eigenvalue weighted by atomic mass is 9.91. The van der Waals surface area contributed by atoms with Crippen LogP contribution in [0, 0.1) is 0 Å². The zero-order valence-electron chi connectivity index (χ0n) is 28.8. The molecule has 53 heavy (non-hydrogen) atoms. The Morgan fingerprint density at radius 2 is 0.811 bits per heavy atom. The van der Waals surface area contributed by atoms with Gasteiger partial charge in [-0.25, -0.2) is 9.97 Å². The number of thiophene rings is 1. The van der Waals surface area contributed by atoms with Crippen LogP contribution in [0.25, 0.3) is 98.2 Å². The fourth-order valence-corrected chi connectivity index (χ4v) is 8.62. The molecule has 0 aliphatic heterocycles. The lowest BCUT2D eigenvalue weighted by Gasteiger charge is -2.14. The normalized spacial score (nSPS) is 11.4. The SMILES string of the molecule is c1ccc(-c2cc(-c3cc(-c4ccccc4)c4sc5cc6ccccc6cc5c4c3)cc(-c3cc(-c4ccccc4)nc(-c4ccccc4)n3)c2)cc1. The number of hydrogen-bond donors (Lipinski definition) is 0. The second-order valence-electron chi connectivity index (χ2n) is 13.4. The van der Waals surface area contributed by atoms with Gasteiger partial charge in [-0.15, -0.1) is 11.3 Å². The minimum Gasteiger partial charge on any atom is -0.228 e. The van der Waals surface area contributed by atoms with Crippen molar-refractivity contribution < 1.29 is 0 Å². The summed E-state index contributed by atoms with van der Waals surface area (Å²) in [7, 11) is 0. The topological polar surface area (TPSA) is 25.8 Å². The summed E-state index contributed by atoms with van der Waals surface area (Å²) >= 11 is 1.88. The van der Waals surface area contributed by atoms with Crippen LogP contribution >= 0.6 is 11.3 Å². The minimum atomic E-state index is 0.707. The molecule has 3 heteroatoms. The first-order chi connectivity index (χ1) is 26.2. The minimum absolute atomic E-state index is 0.707. The van der Waals surface area contributed by atoms with E-state index in [1.165, 1.54) is 47.6 Å². The Morgan fingerprint density at radius 1 is 0.321 bits per heavy atom. The first-order valence-electron chi connectivity index (χ1n) is 17.9. The smallest absolute Gasteiger partial charge is 0.160 e. The van der Waals surface area contributed by atoms with Crippen LogP contribution in [-0.2, 0) is 0 Å². The molecule has 0 N–H and O–H groups in total. The second-order valence-corrected chi connectivity index (χ2v) is 14.5. The average Bonchev–Trinajstić information content (AvgIpc) is 3.60. The fourth-order valence-electron chi connectivity index (χ4n) is 7.37. The summed E-state index contributed by atoms with van der Waals surface area (Å²) in [6, 6.07) is 69.3. The maximum atomic E-state index is 5.24. The summed E-state index contributed by atoms with van der Waals surface area (Å²) < 4.78 is 2.61. The van der Waals surface area contributed by atoms with E-state index >= 15 is 0 Å². The highest BCUT2D eigenvalue weighted by Gasteiger charge is 2.17. The number of nitrogens with zero attached hydrogens (tertiary/aromatic N) is 2. The fraction of sp³-hybridized carbons (Fsp3) is 0. The summed E-state index contributed by atoms with van der Waals surface area (Å²) in [6.07, 6.45) is 0. The van der Waals surface area contributed by atoms with Gasteiger partial charge >= 0.3 is 0 Å². The van der Waals surface area contributed by atoms with Crippen molar-refractivity contribution in [2.75, 3.05) is 0 Å². The Labute approximate surface area is 312 Å². The largest absolute Gasteiger partial charge is 0.228 e. The molecule has 0 bridgehead atoms. The Balaban J connectivity index is 1.24. The van der Waals surface area contributed by atoms with Gasteiger partial charge in [0.25, 0.3) is 0 Å². The van der Waals surface area contributed by atoms with Gasteiger partial charge < -0.3 is 0 Å². The maximum Gasteiger partial charge on any atom is 0.160 e. The molecule has 0 unspecified atom stereocenters. The Kier molecular flexibility index (Phi) is 7.71. The summed E-state index contributed by atoms with van der Waals surface area (Å²) in [5.74, 6) is 0.707. The number of benzene rings is 8. The van der Waals surface area contributed by atoms with Crippen LogP contribution in [0.5, 0.6) is 0 Å². The first kappa shape index (κ1) is 31.1. The summed E-state index contributed by atoms with van der Waals surface area (Å²) in [5.41, 5.74) is 11.9. The van der Waals surface area contributed by atoms with Gasteiger partial charge in [-0.3, -0.25) is 0 Å². The molecule has 0 amide bonds. The van der Waals surface area contributed by atoms with E-state index in [1.54, 1.807) is 0 Å². The third-order valence-corrected chi connectivity index (χ3v) is 11.2. The van der Waals surface area contributed by atoms with Gasteiger partial charge in [-0.2, -0.15) is 0 Å². The molecule has 2 aromatic heterocycles. The van der Waals surface area contributed by atoms with E-state index in [9.17, 15) is 0 Å². The van der Waals surface area contributed by atoms with Gasteiger partial charge in [-0.05, 0) is 87.1 Å². The first-order valence-corrected chi connectivity index (χ1v) is 18.7. The molecule has 0 radical (unpaired) electrons. The van der Waals surface area contributed by atoms with Gasteiger partial charge in [0.1, 0.15) is 0 Å². The molecule has 8 aromatic carbocycles. The molecule has 0 aliphatic rings. The molecule has 2 nitrogen and oxygen atoms in total. The van der Waals surface area contributed by atoms with Crippen LogP contribution in [0.2, 0.25) is 0 Å². The van der Waals surface area contributed by atoms with E-state index in [0.717, 1.165) is 44.8 Å². The predicted octanol–water partition coefficient (Wildman–Crippen LogP) is 14.0. The highest BCUT2D eigenvalue weighted by Crippen LogP contribution is 2.45. The van der Waals surface area contributed by atoms with E-state index in [1.807, 2.05) is 35.6 Å². The molecule has 0 saturated carbocycles. The van der Waals surface area contributed by atoms with Crippen LogP contribution in [0.3, 0.4) is 0 Å². The third kappa shape index (κ3) is 5.87. The lowest BCUT2D eigenvalue weighted by Crippen LogP contribution is -1.96. The molecule has 0 aliphatic carbocycles. The number of hydrogen-bond acceptors (Lipinski definition) is 3. The van der Waals surface area contributed by atoms with Gasteiger partial charge in [-0.1, -0.05) is 146 Å². The van der Waals surface area contributed by atoms with Crippen molar-refractivity contribution in [3.8, 4) is 67.3 Å². The van der Waals surface area contributed by atoms with Gasteiger partial charge in [0, 0.05) is 42.4 Å². The number of aromatic nitrogens is 2. The second kappa shape index (κ2) is 13.1. The molecule has 0 atom stereocenters. The van der Waals surface area contributed by atoms with Crippen molar-refractivity contribution in [1.82, 2.24) is 9.97 Å². The quantitative estimate of drug-likeness (QED) is 0.173. The van der Waals surface area contributed by atoms with E-state index in [4.69, 9.17) is 9.97 Å². The lowest BCUT2D eigenvalue weighted by molar-refractivity contribution is 1.18. The summed E-state index contributed by atoms with van der Waals surface area (Å²) in [5, 5.41) is 5.09. The zero-order valence-corrected chi connectivity index (χ0v) is 29.6. The monoisotopic (exact) mass is 692 g/mol. The third-order valence-electron chi connectivity index (χ3n) is 10.0. The van der Waals surface area contributed by atoms with Crippen LogP contribution in [-0.4, -0.2) is 9.97 Å². The van der Waals surface area contributed by atoms with Gasteiger partial charge in [0.05, 0.1) is 11.4 Å². The van der Waals surface area contributed by atoms with Crippen LogP contribution in [0.1, 0.15) is 0 Å². The molecule has 0 saturated heterocycles. The Hall–Kier alpha value is -6.68. The number of rotatable bonds is 6. The van der Waals surface area contributed by atoms with Crippen LogP contribution < -0.4 is 0 Å². The molecular formula is C50H32N2S. The van der Waals surface area contributed by atoms with Gasteiger partial charge in [0.2, 0.25) is 0 Å². The van der Waals surface area contributed by atoms with Crippen molar-refractivity contribution in [2.24, 2.45) is 0 Å². The molecular weight excluding hydrogens is 661 g/mol. The molecule has 0 spiro atoms. The molecule has 0 fully saturated rings. The molecule has 2 heterocycles. The van der Waals surface area contributed by atoms with Crippen molar-refractivity contribution in [3.63, 3.8) is 0 Å². The van der Waals surface area contributed by atoms with Gasteiger partial charge in [0.15, 0.2) is 5.82 Å². The Bertz CT molecular complexity index is 2860. The molecule has 248 valence electrons. The van der Waals surface area contributed by atoms with E-state index < -0.39 is 0 Å². The van der Waals surface area contributed by atoms with Crippen molar-refractivity contribution in [3.05, 3.63) is 194 Å². The Morgan fingerprint density at radius 3 is 1.47 bits per heavy atom. The van der Waals surface area contributed by atoms with Crippen molar-refractivity contribution in [2.45, 2.75) is 0 Å². The standard InChI is InChI=1S/C50H32N2S/c1-5-15-33(16-6-1)39-25-40(27-42(26-39)47-32-46(35-19-9-3-10-20-35)51-50(52-47)36-21-11-4-12-22-36)41-29-43(34-17-7-2-8-18-34)49-45(30-41)44-28-37-23-13-14-24-38(37)31-48(44)53-49/h1-32H. The highest BCUT2D eigenvalue weighted by atomic mass is 32.1. The molecule has 10 aromatic rings.